The Hall–Kier alpha value is -2.44. The number of nitrogens with zero attached hydrogens (tertiary/aromatic N) is 5. The second-order valence-corrected chi connectivity index (χ2v) is 6.60. The molecule has 7 heteroatoms. The van der Waals surface area contributed by atoms with E-state index in [1.54, 1.807) is 12.3 Å². The number of hydrogen-bond donors (Lipinski definition) is 0. The molecule has 7 nitrogen and oxygen atoms in total. The van der Waals surface area contributed by atoms with Crippen molar-refractivity contribution in [2.45, 2.75) is 38.6 Å². The Labute approximate surface area is 141 Å². The van der Waals surface area contributed by atoms with Gasteiger partial charge in [-0.1, -0.05) is 19.0 Å². The highest BCUT2D eigenvalue weighted by Gasteiger charge is 2.34. The molecule has 0 aliphatic carbocycles. The Morgan fingerprint density at radius 2 is 2.21 bits per heavy atom. The molecule has 24 heavy (non-hydrogen) atoms. The van der Waals surface area contributed by atoms with Gasteiger partial charge < -0.3 is 14.3 Å². The van der Waals surface area contributed by atoms with Crippen LogP contribution in [-0.2, 0) is 0 Å². The predicted octanol–water partition coefficient (Wildman–Crippen LogP) is 2.63. The molecule has 1 amide bonds. The second-order valence-electron chi connectivity index (χ2n) is 6.60. The normalized spacial score (nSPS) is 17.5. The molecule has 0 bridgehead atoms. The van der Waals surface area contributed by atoms with E-state index in [-0.39, 0.29) is 17.9 Å². The number of carbonyl (C=O) groups is 1. The minimum Gasteiger partial charge on any atom is -0.363 e. The molecule has 0 radical (unpaired) electrons. The van der Waals surface area contributed by atoms with Gasteiger partial charge in [-0.3, -0.25) is 4.79 Å². The number of amides is 1. The third-order valence-electron chi connectivity index (χ3n) is 4.21. The van der Waals surface area contributed by atoms with Gasteiger partial charge in [0.05, 0.1) is 6.04 Å². The van der Waals surface area contributed by atoms with Crippen LogP contribution < -0.4 is 4.90 Å². The lowest BCUT2D eigenvalue weighted by molar-refractivity contribution is 0.0728. The number of carbonyl (C=O) groups excluding carboxylic acids is 1. The van der Waals surface area contributed by atoms with E-state index in [4.69, 9.17) is 4.52 Å². The van der Waals surface area contributed by atoms with Crippen molar-refractivity contribution in [1.82, 2.24) is 20.0 Å². The number of rotatable bonds is 4. The summed E-state index contributed by atoms with van der Waals surface area (Å²) in [7, 11) is 3.81. The summed E-state index contributed by atoms with van der Waals surface area (Å²) in [5.74, 6) is 2.14. The van der Waals surface area contributed by atoms with Gasteiger partial charge in [-0.2, -0.15) is 4.98 Å². The van der Waals surface area contributed by atoms with Crippen molar-refractivity contribution < 1.29 is 9.32 Å². The lowest BCUT2D eigenvalue weighted by Gasteiger charge is -2.22. The van der Waals surface area contributed by atoms with Crippen LogP contribution in [0.5, 0.6) is 0 Å². The predicted molar refractivity (Wildman–Crippen MR) is 90.0 cm³/mol. The fraction of sp³-hybridized carbons (Fsp3) is 0.529. The summed E-state index contributed by atoms with van der Waals surface area (Å²) >= 11 is 0. The monoisotopic (exact) mass is 329 g/mol. The first-order chi connectivity index (χ1) is 11.5. The smallest absolute Gasteiger partial charge is 0.254 e. The summed E-state index contributed by atoms with van der Waals surface area (Å²) in [6.07, 6.45) is 3.46. The van der Waals surface area contributed by atoms with Crippen molar-refractivity contribution in [3.63, 3.8) is 0 Å². The minimum absolute atomic E-state index is 0.0149. The molecule has 1 aliphatic rings. The summed E-state index contributed by atoms with van der Waals surface area (Å²) in [5, 5.41) is 4.09. The number of hydrogen-bond acceptors (Lipinski definition) is 6. The first-order valence-corrected chi connectivity index (χ1v) is 8.25. The fourth-order valence-electron chi connectivity index (χ4n) is 2.86. The number of pyridine rings is 1. The Morgan fingerprint density at radius 1 is 1.42 bits per heavy atom. The number of aromatic nitrogens is 3. The molecule has 2 aromatic heterocycles. The van der Waals surface area contributed by atoms with Crippen LogP contribution in [-0.4, -0.2) is 46.6 Å². The third-order valence-corrected chi connectivity index (χ3v) is 4.21. The van der Waals surface area contributed by atoms with Crippen molar-refractivity contribution in [1.29, 1.82) is 0 Å². The molecule has 0 spiro atoms. The molecule has 1 atom stereocenters. The molecule has 0 unspecified atom stereocenters. The van der Waals surface area contributed by atoms with E-state index in [0.717, 1.165) is 18.7 Å². The van der Waals surface area contributed by atoms with Crippen molar-refractivity contribution in [3.8, 4) is 0 Å². The van der Waals surface area contributed by atoms with Crippen LogP contribution >= 0.6 is 0 Å². The maximum Gasteiger partial charge on any atom is 0.254 e. The zero-order chi connectivity index (χ0) is 17.3. The first-order valence-electron chi connectivity index (χ1n) is 8.25. The van der Waals surface area contributed by atoms with Gasteiger partial charge in [-0.15, -0.1) is 0 Å². The zero-order valence-electron chi connectivity index (χ0n) is 14.6. The Morgan fingerprint density at radius 3 is 2.88 bits per heavy atom. The van der Waals surface area contributed by atoms with Gasteiger partial charge >= 0.3 is 0 Å². The van der Waals surface area contributed by atoms with E-state index in [9.17, 15) is 4.79 Å². The van der Waals surface area contributed by atoms with Crippen molar-refractivity contribution in [3.05, 3.63) is 35.6 Å². The average Bonchev–Trinajstić information content (AvgIpc) is 3.23. The first kappa shape index (κ1) is 16.4. The van der Waals surface area contributed by atoms with Gasteiger partial charge in [-0.25, -0.2) is 4.98 Å². The van der Waals surface area contributed by atoms with Gasteiger partial charge in [0.1, 0.15) is 5.82 Å². The van der Waals surface area contributed by atoms with E-state index in [0.29, 0.717) is 23.8 Å². The molecule has 0 saturated carbocycles. The molecule has 1 aliphatic heterocycles. The molecule has 2 aromatic rings. The van der Waals surface area contributed by atoms with E-state index < -0.39 is 0 Å². The molecule has 3 rings (SSSR count). The highest BCUT2D eigenvalue weighted by Crippen LogP contribution is 2.32. The van der Waals surface area contributed by atoms with Crippen LogP contribution in [0.1, 0.15) is 60.7 Å². The zero-order valence-corrected chi connectivity index (χ0v) is 14.6. The summed E-state index contributed by atoms with van der Waals surface area (Å²) in [6.45, 7) is 4.72. The van der Waals surface area contributed by atoms with Crippen LogP contribution in [0.25, 0.3) is 0 Å². The average molecular weight is 329 g/mol. The quantitative estimate of drug-likeness (QED) is 0.858. The van der Waals surface area contributed by atoms with Crippen molar-refractivity contribution >= 4 is 11.7 Å². The Bertz CT molecular complexity index is 725. The van der Waals surface area contributed by atoms with E-state index in [2.05, 4.69) is 15.1 Å². The standard InChI is InChI=1S/C17H23N5O2/c1-11(2)16-19-15(20-24-16)13-6-5-9-22(13)17(23)12-7-8-18-14(10-12)21(3)4/h7-8,10-11,13H,5-6,9H2,1-4H3/t13-/m0/s1. The van der Waals surface area contributed by atoms with Crippen LogP contribution in [0.2, 0.25) is 0 Å². The molecule has 0 N–H and O–H groups in total. The van der Waals surface area contributed by atoms with Gasteiger partial charge in [-0.05, 0) is 25.0 Å². The summed E-state index contributed by atoms with van der Waals surface area (Å²) in [4.78, 5) is 25.4. The van der Waals surface area contributed by atoms with Gasteiger partial charge in [0.2, 0.25) is 5.89 Å². The topological polar surface area (TPSA) is 75.4 Å². The van der Waals surface area contributed by atoms with Gasteiger partial charge in [0, 0.05) is 38.3 Å². The highest BCUT2D eigenvalue weighted by atomic mass is 16.5. The van der Waals surface area contributed by atoms with E-state index >= 15 is 0 Å². The van der Waals surface area contributed by atoms with Crippen molar-refractivity contribution in [2.24, 2.45) is 0 Å². The van der Waals surface area contributed by atoms with Crippen LogP contribution in [0, 0.1) is 0 Å². The van der Waals surface area contributed by atoms with Crippen LogP contribution in [0.3, 0.4) is 0 Å². The SMILES string of the molecule is CC(C)c1nc([C@@H]2CCCN2C(=O)c2ccnc(N(C)C)c2)no1. The number of anilines is 1. The number of likely N-dealkylation sites (tertiary alicyclic amines) is 1. The minimum atomic E-state index is -0.121. The van der Waals surface area contributed by atoms with Crippen LogP contribution in [0.15, 0.2) is 22.9 Å². The van der Waals surface area contributed by atoms with Gasteiger partial charge in [0.15, 0.2) is 5.82 Å². The lowest BCUT2D eigenvalue weighted by atomic mass is 10.1. The summed E-state index contributed by atoms with van der Waals surface area (Å²) in [6, 6.07) is 3.44. The Kier molecular flexibility index (Phi) is 4.51. The fourth-order valence-corrected chi connectivity index (χ4v) is 2.86. The van der Waals surface area contributed by atoms with Crippen molar-refractivity contribution in [2.75, 3.05) is 25.5 Å². The molecule has 3 heterocycles. The Balaban J connectivity index is 1.84. The van der Waals surface area contributed by atoms with Crippen LogP contribution in [0.4, 0.5) is 5.82 Å². The maximum absolute atomic E-state index is 12.9. The molecule has 1 fully saturated rings. The maximum atomic E-state index is 12.9. The van der Waals surface area contributed by atoms with E-state index in [1.165, 1.54) is 0 Å². The molecular formula is C17H23N5O2. The highest BCUT2D eigenvalue weighted by molar-refractivity contribution is 5.95. The second kappa shape index (κ2) is 6.59. The summed E-state index contributed by atoms with van der Waals surface area (Å²) in [5.41, 5.74) is 0.633. The molecular weight excluding hydrogens is 306 g/mol. The lowest BCUT2D eigenvalue weighted by Crippen LogP contribution is -2.31. The molecule has 128 valence electrons. The van der Waals surface area contributed by atoms with E-state index in [1.807, 2.05) is 43.8 Å². The van der Waals surface area contributed by atoms with Gasteiger partial charge in [0.25, 0.3) is 5.91 Å². The molecule has 1 saturated heterocycles. The largest absolute Gasteiger partial charge is 0.363 e. The molecule has 0 aromatic carbocycles. The third kappa shape index (κ3) is 3.11. The summed E-state index contributed by atoms with van der Waals surface area (Å²) < 4.78 is 5.31.